The maximum atomic E-state index is 12.7. The number of carbonyl (C=O) groups excluding carboxylic acids is 1. The molecule has 0 bridgehead atoms. The summed E-state index contributed by atoms with van der Waals surface area (Å²) in [6.45, 7) is 3.47. The van der Waals surface area contributed by atoms with Crippen molar-refractivity contribution in [1.29, 1.82) is 0 Å². The largest absolute Gasteiger partial charge is 0.493 e. The van der Waals surface area contributed by atoms with Gasteiger partial charge in [-0.25, -0.2) is 0 Å². The molecular formula is C26H29NO2S. The zero-order chi connectivity index (χ0) is 21.0. The number of aryl methyl sites for hydroxylation is 1. The molecule has 156 valence electrons. The van der Waals surface area contributed by atoms with Gasteiger partial charge in [-0.1, -0.05) is 67.6 Å². The Bertz CT molecular complexity index is 927. The van der Waals surface area contributed by atoms with Crippen LogP contribution in [0.1, 0.15) is 41.3 Å². The highest BCUT2D eigenvalue weighted by Gasteiger charge is 2.11. The molecule has 0 saturated carbocycles. The van der Waals surface area contributed by atoms with Gasteiger partial charge in [0.1, 0.15) is 5.75 Å². The molecule has 0 aliphatic carbocycles. The van der Waals surface area contributed by atoms with E-state index in [1.165, 1.54) is 11.1 Å². The molecular weight excluding hydrogens is 390 g/mol. The second-order valence-electron chi connectivity index (χ2n) is 7.09. The number of hydrogen-bond donors (Lipinski definition) is 1. The molecule has 0 aliphatic heterocycles. The zero-order valence-corrected chi connectivity index (χ0v) is 18.3. The van der Waals surface area contributed by atoms with Gasteiger partial charge in [-0.3, -0.25) is 4.79 Å². The third-order valence-corrected chi connectivity index (χ3v) is 5.86. The molecule has 0 aliphatic rings. The summed E-state index contributed by atoms with van der Waals surface area (Å²) >= 11 is 1.70. The molecule has 0 radical (unpaired) electrons. The molecule has 0 aromatic heterocycles. The summed E-state index contributed by atoms with van der Waals surface area (Å²) < 4.78 is 5.82. The predicted octanol–water partition coefficient (Wildman–Crippen LogP) is 6.13. The van der Waals surface area contributed by atoms with Gasteiger partial charge in [0.15, 0.2) is 0 Å². The average molecular weight is 420 g/mol. The van der Waals surface area contributed by atoms with E-state index in [1.807, 2.05) is 60.7 Å². The quantitative estimate of drug-likeness (QED) is 0.300. The van der Waals surface area contributed by atoms with Gasteiger partial charge in [0.25, 0.3) is 5.91 Å². The van der Waals surface area contributed by atoms with E-state index >= 15 is 0 Å². The Hall–Kier alpha value is -2.72. The number of thioether (sulfide) groups is 1. The molecule has 0 saturated heterocycles. The first kappa shape index (κ1) is 22.0. The van der Waals surface area contributed by atoms with Crippen LogP contribution in [-0.2, 0) is 12.2 Å². The van der Waals surface area contributed by atoms with Crippen molar-refractivity contribution >= 4 is 17.7 Å². The Morgan fingerprint density at radius 3 is 2.50 bits per heavy atom. The first-order valence-electron chi connectivity index (χ1n) is 10.5. The van der Waals surface area contributed by atoms with Crippen LogP contribution in [0, 0.1) is 0 Å². The summed E-state index contributed by atoms with van der Waals surface area (Å²) in [7, 11) is 0. The molecule has 0 spiro atoms. The van der Waals surface area contributed by atoms with E-state index in [1.54, 1.807) is 11.8 Å². The fraction of sp³-hybridized carbons (Fsp3) is 0.269. The second-order valence-corrected chi connectivity index (χ2v) is 8.10. The van der Waals surface area contributed by atoms with E-state index in [4.69, 9.17) is 4.74 Å². The molecule has 3 rings (SSSR count). The highest BCUT2D eigenvalue weighted by atomic mass is 32.2. The molecule has 30 heavy (non-hydrogen) atoms. The highest BCUT2D eigenvalue weighted by molar-refractivity contribution is 7.98. The standard InChI is InChI=1S/C26H29NO2S/c1-2-19-29-24-16-8-6-13-22(24)14-10-18-27-26(28)23-15-7-9-17-25(23)30-20-21-11-4-3-5-12-21/h3-9,11-13,15-17H,2,10,14,18-20H2,1H3,(H,27,28). The van der Waals surface area contributed by atoms with Crippen molar-refractivity contribution in [2.45, 2.75) is 36.8 Å². The third kappa shape index (κ3) is 6.67. The maximum Gasteiger partial charge on any atom is 0.252 e. The van der Waals surface area contributed by atoms with Crippen molar-refractivity contribution in [3.8, 4) is 5.75 Å². The first-order valence-corrected chi connectivity index (χ1v) is 11.5. The fourth-order valence-electron chi connectivity index (χ4n) is 3.15. The number of hydrogen-bond acceptors (Lipinski definition) is 3. The number of ether oxygens (including phenoxy) is 1. The SMILES string of the molecule is CCCOc1ccccc1CCCNC(=O)c1ccccc1SCc1ccccc1. The minimum atomic E-state index is -0.0123. The van der Waals surface area contributed by atoms with Gasteiger partial charge in [0.05, 0.1) is 12.2 Å². The van der Waals surface area contributed by atoms with Gasteiger partial charge in [-0.05, 0) is 48.6 Å². The van der Waals surface area contributed by atoms with Gasteiger partial charge >= 0.3 is 0 Å². The molecule has 1 amide bonds. The number of nitrogens with one attached hydrogen (secondary N) is 1. The Kier molecular flexibility index (Phi) is 8.85. The normalized spacial score (nSPS) is 10.6. The monoisotopic (exact) mass is 419 g/mol. The second kappa shape index (κ2) is 12.1. The van der Waals surface area contributed by atoms with Crippen molar-refractivity contribution < 1.29 is 9.53 Å². The number of rotatable bonds is 11. The lowest BCUT2D eigenvalue weighted by Gasteiger charge is -2.12. The van der Waals surface area contributed by atoms with Crippen LogP contribution in [0.15, 0.2) is 83.8 Å². The van der Waals surface area contributed by atoms with E-state index < -0.39 is 0 Å². The number of carbonyl (C=O) groups is 1. The first-order chi connectivity index (χ1) is 14.8. The molecule has 1 N–H and O–H groups in total. The lowest BCUT2D eigenvalue weighted by molar-refractivity contribution is 0.0950. The molecule has 3 aromatic carbocycles. The Labute approximate surface area is 183 Å². The van der Waals surface area contributed by atoms with Crippen LogP contribution < -0.4 is 10.1 Å². The van der Waals surface area contributed by atoms with Crippen LogP contribution in [0.25, 0.3) is 0 Å². The summed E-state index contributed by atoms with van der Waals surface area (Å²) in [6, 6.07) is 26.3. The van der Waals surface area contributed by atoms with Crippen molar-refractivity contribution in [2.24, 2.45) is 0 Å². The van der Waals surface area contributed by atoms with Gasteiger partial charge in [0.2, 0.25) is 0 Å². The van der Waals surface area contributed by atoms with Gasteiger partial charge in [-0.15, -0.1) is 11.8 Å². The number of benzene rings is 3. The fourth-order valence-corrected chi connectivity index (χ4v) is 4.16. The lowest BCUT2D eigenvalue weighted by atomic mass is 10.1. The summed E-state index contributed by atoms with van der Waals surface area (Å²) in [5.74, 6) is 1.79. The van der Waals surface area contributed by atoms with Crippen LogP contribution in [0.4, 0.5) is 0 Å². The third-order valence-electron chi connectivity index (χ3n) is 4.71. The minimum absolute atomic E-state index is 0.0123. The molecule has 0 heterocycles. The highest BCUT2D eigenvalue weighted by Crippen LogP contribution is 2.26. The predicted molar refractivity (Wildman–Crippen MR) is 125 cm³/mol. The van der Waals surface area contributed by atoms with E-state index in [0.717, 1.165) is 47.8 Å². The smallest absolute Gasteiger partial charge is 0.252 e. The lowest BCUT2D eigenvalue weighted by Crippen LogP contribution is -2.25. The molecule has 3 nitrogen and oxygen atoms in total. The van der Waals surface area contributed by atoms with Crippen LogP contribution in [0.3, 0.4) is 0 Å². The van der Waals surface area contributed by atoms with E-state index in [0.29, 0.717) is 6.54 Å². The summed E-state index contributed by atoms with van der Waals surface area (Å²) in [5.41, 5.74) is 3.19. The van der Waals surface area contributed by atoms with Crippen molar-refractivity contribution in [3.05, 3.63) is 95.6 Å². The summed E-state index contributed by atoms with van der Waals surface area (Å²) in [5, 5.41) is 3.08. The molecule has 0 unspecified atom stereocenters. The number of amides is 1. The molecule has 4 heteroatoms. The average Bonchev–Trinajstić information content (AvgIpc) is 2.80. The Balaban J connectivity index is 1.51. The summed E-state index contributed by atoms with van der Waals surface area (Å²) in [4.78, 5) is 13.8. The van der Waals surface area contributed by atoms with Crippen LogP contribution in [0.2, 0.25) is 0 Å². The Morgan fingerprint density at radius 1 is 0.933 bits per heavy atom. The van der Waals surface area contributed by atoms with Crippen molar-refractivity contribution in [3.63, 3.8) is 0 Å². The van der Waals surface area contributed by atoms with E-state index in [2.05, 4.69) is 30.4 Å². The van der Waals surface area contributed by atoms with Crippen LogP contribution in [-0.4, -0.2) is 19.1 Å². The Morgan fingerprint density at radius 2 is 1.67 bits per heavy atom. The number of para-hydroxylation sites is 1. The maximum absolute atomic E-state index is 12.7. The molecule has 0 fully saturated rings. The van der Waals surface area contributed by atoms with E-state index in [9.17, 15) is 4.79 Å². The van der Waals surface area contributed by atoms with Gasteiger partial charge in [0, 0.05) is 17.2 Å². The van der Waals surface area contributed by atoms with Crippen LogP contribution in [0.5, 0.6) is 5.75 Å². The minimum Gasteiger partial charge on any atom is -0.493 e. The zero-order valence-electron chi connectivity index (χ0n) is 17.5. The topological polar surface area (TPSA) is 38.3 Å². The molecule has 0 atom stereocenters. The van der Waals surface area contributed by atoms with Crippen molar-refractivity contribution in [1.82, 2.24) is 5.32 Å². The van der Waals surface area contributed by atoms with E-state index in [-0.39, 0.29) is 5.91 Å². The summed E-state index contributed by atoms with van der Waals surface area (Å²) in [6.07, 6.45) is 2.74. The van der Waals surface area contributed by atoms with Crippen LogP contribution >= 0.6 is 11.8 Å². The molecule has 3 aromatic rings. The van der Waals surface area contributed by atoms with Gasteiger partial charge in [-0.2, -0.15) is 0 Å². The van der Waals surface area contributed by atoms with Gasteiger partial charge < -0.3 is 10.1 Å². The van der Waals surface area contributed by atoms with Crippen molar-refractivity contribution in [2.75, 3.05) is 13.2 Å².